The fraction of sp³-hybridized carbons (Fsp3) is 0.529. The lowest BCUT2D eigenvalue weighted by Crippen LogP contribution is -2.44. The number of ketones is 2. The molecule has 0 spiro atoms. The van der Waals surface area contributed by atoms with Crippen LogP contribution in [0.1, 0.15) is 133 Å². The third-order valence-electron chi connectivity index (χ3n) is 12.2. The Bertz CT molecular complexity index is 1820. The first-order valence-corrected chi connectivity index (χ1v) is 22.8. The van der Waals surface area contributed by atoms with Gasteiger partial charge in [-0.25, -0.2) is 0 Å². The van der Waals surface area contributed by atoms with E-state index in [1.54, 1.807) is 24.3 Å². The normalized spacial score (nSPS) is 20.2. The van der Waals surface area contributed by atoms with E-state index in [2.05, 4.69) is 13.8 Å². The topological polar surface area (TPSA) is 164 Å². The predicted octanol–water partition coefficient (Wildman–Crippen LogP) is 9.86. The fourth-order valence-corrected chi connectivity index (χ4v) is 8.22. The fourth-order valence-electron chi connectivity index (χ4n) is 8.22. The van der Waals surface area contributed by atoms with Crippen LogP contribution >= 0.6 is 0 Å². The van der Waals surface area contributed by atoms with Gasteiger partial charge < -0.3 is 40.6 Å². The number of benzene rings is 3. The highest BCUT2D eigenvalue weighted by atomic mass is 16.5. The van der Waals surface area contributed by atoms with Gasteiger partial charge in [-0.2, -0.15) is 0 Å². The predicted molar refractivity (Wildman–Crippen MR) is 244 cm³/mol. The molecule has 3 aromatic rings. The maximum atomic E-state index is 13.5. The lowest BCUT2D eigenvalue weighted by Gasteiger charge is -2.30. The Morgan fingerprint density at radius 1 is 0.672 bits per heavy atom. The van der Waals surface area contributed by atoms with Crippen molar-refractivity contribution >= 4 is 35.1 Å². The number of unbranched alkanes of at least 4 members (excludes halogenated alkanes) is 4. The molecule has 0 aromatic heterocycles. The Morgan fingerprint density at radius 2 is 1.15 bits per heavy atom. The van der Waals surface area contributed by atoms with Gasteiger partial charge in [0.25, 0.3) is 0 Å². The summed E-state index contributed by atoms with van der Waals surface area (Å²) in [5, 5.41) is 22.8. The van der Waals surface area contributed by atoms with Gasteiger partial charge in [-0.15, -0.1) is 0 Å². The van der Waals surface area contributed by atoms with Crippen LogP contribution in [0.4, 0.5) is 11.4 Å². The molecule has 10 nitrogen and oxygen atoms in total. The Balaban J connectivity index is 1.11. The van der Waals surface area contributed by atoms with Gasteiger partial charge in [-0.3, -0.25) is 9.59 Å². The van der Waals surface area contributed by atoms with Crippen molar-refractivity contribution in [3.05, 3.63) is 95.6 Å². The second-order valence-corrected chi connectivity index (χ2v) is 17.1. The number of hydrogen-bond acceptors (Lipinski definition) is 10. The van der Waals surface area contributed by atoms with E-state index >= 15 is 0 Å². The minimum absolute atomic E-state index is 0.143. The Morgan fingerprint density at radius 3 is 1.61 bits per heavy atom. The van der Waals surface area contributed by atoms with Crippen molar-refractivity contribution in [1.82, 2.24) is 0 Å². The summed E-state index contributed by atoms with van der Waals surface area (Å²) in [5.41, 5.74) is 14.4. The number of anilines is 2. The molecule has 10 heteroatoms. The molecule has 0 radical (unpaired) electrons. The lowest BCUT2D eigenvalue weighted by molar-refractivity contribution is -0.187. The molecule has 0 saturated heterocycles. The van der Waals surface area contributed by atoms with E-state index < -0.39 is 29.7 Å². The highest BCUT2D eigenvalue weighted by molar-refractivity contribution is 6.01. The molecule has 2 fully saturated rings. The number of nitrogen functional groups attached to an aromatic ring is 2. The molecule has 2 aliphatic rings. The van der Waals surface area contributed by atoms with Crippen LogP contribution in [0.2, 0.25) is 0 Å². The monoisotopic (exact) mass is 839 g/mol. The van der Waals surface area contributed by atoms with Gasteiger partial charge >= 0.3 is 0 Å². The van der Waals surface area contributed by atoms with E-state index in [0.29, 0.717) is 48.5 Å². The molecule has 1 atom stereocenters. The molecule has 2 aliphatic carbocycles. The van der Waals surface area contributed by atoms with Gasteiger partial charge in [0.2, 0.25) is 11.6 Å². The van der Waals surface area contributed by atoms with E-state index in [9.17, 15) is 19.8 Å². The van der Waals surface area contributed by atoms with Crippen molar-refractivity contribution < 1.29 is 38.7 Å². The third-order valence-corrected chi connectivity index (χ3v) is 12.2. The molecule has 2 saturated carbocycles. The maximum Gasteiger partial charge on any atom is 0.235 e. The molecular formula is C51H70N2O8. The Hall–Kier alpha value is -4.48. The van der Waals surface area contributed by atoms with E-state index in [4.69, 9.17) is 30.4 Å². The van der Waals surface area contributed by atoms with Crippen LogP contribution in [0.25, 0.3) is 12.2 Å². The first-order chi connectivity index (χ1) is 29.5. The number of ether oxygens (including phenoxy) is 4. The van der Waals surface area contributed by atoms with Crippen molar-refractivity contribution in [1.29, 1.82) is 0 Å². The highest BCUT2D eigenvalue weighted by Crippen LogP contribution is 2.36. The van der Waals surface area contributed by atoms with Crippen LogP contribution in [0.5, 0.6) is 11.5 Å². The second-order valence-electron chi connectivity index (χ2n) is 17.1. The van der Waals surface area contributed by atoms with Gasteiger partial charge in [0.15, 0.2) is 5.78 Å². The molecule has 6 N–H and O–H groups in total. The van der Waals surface area contributed by atoms with Crippen molar-refractivity contribution in [2.24, 2.45) is 11.8 Å². The minimum Gasteiger partial charge on any atom is -0.493 e. The summed E-state index contributed by atoms with van der Waals surface area (Å²) in [6.07, 6.45) is 21.7. The summed E-state index contributed by atoms with van der Waals surface area (Å²) in [6, 6.07) is 19.3. The molecule has 61 heavy (non-hydrogen) atoms. The zero-order valence-electron chi connectivity index (χ0n) is 36.5. The zero-order valence-corrected chi connectivity index (χ0v) is 36.5. The van der Waals surface area contributed by atoms with Crippen LogP contribution in [0.15, 0.2) is 78.9 Å². The number of allylic oxidation sites excluding steroid dienone is 1. The van der Waals surface area contributed by atoms with Crippen molar-refractivity contribution in [3.8, 4) is 11.5 Å². The van der Waals surface area contributed by atoms with E-state index in [-0.39, 0.29) is 11.3 Å². The molecule has 0 bridgehead atoms. The molecule has 3 aromatic carbocycles. The lowest BCUT2D eigenvalue weighted by atomic mass is 9.82. The summed E-state index contributed by atoms with van der Waals surface area (Å²) >= 11 is 0. The molecule has 1 unspecified atom stereocenters. The number of aliphatic hydroxyl groups is 2. The molecule has 5 rings (SSSR count). The Labute approximate surface area is 363 Å². The van der Waals surface area contributed by atoms with Crippen molar-refractivity contribution in [2.45, 2.75) is 134 Å². The smallest absolute Gasteiger partial charge is 0.235 e. The SMILES string of the molecule is CCCCCOC1CCC(COc2ccc(/C=C/C(=O)CC(c3ccc(N)cc3N)C(O)(O)C(=O)/C=C/c3ccc(OCC4CCC(OCCCCC)CC4)cc3)cc2)CC1. The third kappa shape index (κ3) is 15.7. The molecule has 332 valence electrons. The van der Waals surface area contributed by atoms with Crippen LogP contribution in [-0.2, 0) is 19.1 Å². The highest BCUT2D eigenvalue weighted by Gasteiger charge is 2.43. The van der Waals surface area contributed by atoms with E-state index in [0.717, 1.165) is 101 Å². The van der Waals surface area contributed by atoms with Gasteiger partial charge in [-0.05, 0) is 141 Å². The number of carbonyl (C=O) groups excluding carboxylic acids is 2. The van der Waals surface area contributed by atoms with Gasteiger partial charge in [-0.1, -0.05) is 82.0 Å². The summed E-state index contributed by atoms with van der Waals surface area (Å²) < 4.78 is 24.3. The molecular weight excluding hydrogens is 769 g/mol. The quantitative estimate of drug-likeness (QED) is 0.0280. The van der Waals surface area contributed by atoms with Crippen LogP contribution in [0, 0.1) is 11.8 Å². The van der Waals surface area contributed by atoms with Crippen molar-refractivity contribution in [3.63, 3.8) is 0 Å². The van der Waals surface area contributed by atoms with Crippen LogP contribution < -0.4 is 20.9 Å². The van der Waals surface area contributed by atoms with Gasteiger partial charge in [0.1, 0.15) is 11.5 Å². The van der Waals surface area contributed by atoms with Crippen LogP contribution in [0.3, 0.4) is 0 Å². The second kappa shape index (κ2) is 24.8. The van der Waals surface area contributed by atoms with Gasteiger partial charge in [0.05, 0.1) is 31.3 Å². The van der Waals surface area contributed by atoms with Crippen LogP contribution in [-0.4, -0.2) is 66.2 Å². The molecule has 0 heterocycles. The summed E-state index contributed by atoms with van der Waals surface area (Å²) in [5.74, 6) is -3.27. The molecule has 0 aliphatic heterocycles. The summed E-state index contributed by atoms with van der Waals surface area (Å²) in [6.45, 7) is 7.40. The maximum absolute atomic E-state index is 13.5. The first-order valence-electron chi connectivity index (χ1n) is 22.8. The number of rotatable bonds is 25. The Kier molecular flexibility index (Phi) is 19.4. The minimum atomic E-state index is -2.95. The molecule has 0 amide bonds. The van der Waals surface area contributed by atoms with E-state index in [1.165, 1.54) is 50.0 Å². The number of carbonyl (C=O) groups is 2. The van der Waals surface area contributed by atoms with Crippen molar-refractivity contribution in [2.75, 3.05) is 37.9 Å². The zero-order chi connectivity index (χ0) is 43.5. The first kappa shape index (κ1) is 47.6. The van der Waals surface area contributed by atoms with Gasteiger partial charge in [0, 0.05) is 31.0 Å². The average molecular weight is 839 g/mol. The average Bonchev–Trinajstić information content (AvgIpc) is 3.27. The van der Waals surface area contributed by atoms with E-state index in [1.807, 2.05) is 36.4 Å². The summed E-state index contributed by atoms with van der Waals surface area (Å²) in [7, 11) is 0. The number of nitrogens with two attached hydrogens (primary N) is 2. The summed E-state index contributed by atoms with van der Waals surface area (Å²) in [4.78, 5) is 26.9. The largest absolute Gasteiger partial charge is 0.493 e. The number of hydrogen-bond donors (Lipinski definition) is 4. The standard InChI is InChI=1S/C51H70N2O8/c1-3-5-7-31-58-43-25-14-39(15-26-43)35-60-45-21-10-37(11-22-45)9-20-42(54)34-48(47-29-19-41(52)33-49(47)53)51(56,57)50(55)30-18-38-12-23-46(24-13-38)61-36-40-16-27-44(28-17-40)59-32-8-6-4-2/h9-13,18-24,29-30,33,39-40,43-44,48,56-57H,3-8,14-17,25-28,31-32,34-36,52-53H2,1-2H3/b20-9+,30-18+.